The first-order valence-corrected chi connectivity index (χ1v) is 13.9. The second-order valence-corrected chi connectivity index (χ2v) is 11.0. The molecule has 11 heteroatoms. The molecule has 0 N–H and O–H groups in total. The van der Waals surface area contributed by atoms with E-state index in [-0.39, 0.29) is 38.8 Å². The summed E-state index contributed by atoms with van der Waals surface area (Å²) in [5.74, 6) is -1.83. The van der Waals surface area contributed by atoms with E-state index in [0.717, 1.165) is 23.8 Å². The summed E-state index contributed by atoms with van der Waals surface area (Å²) in [5, 5.41) is 3.64. The number of alkyl halides is 3. The Kier molecular flexibility index (Phi) is 7.98. The van der Waals surface area contributed by atoms with Crippen LogP contribution in [-0.4, -0.2) is 17.4 Å². The first kappa shape index (κ1) is 29.5. The van der Waals surface area contributed by atoms with Gasteiger partial charge in [0.2, 0.25) is 0 Å². The summed E-state index contributed by atoms with van der Waals surface area (Å²) >= 11 is 1.17. The van der Waals surface area contributed by atoms with E-state index in [0.29, 0.717) is 5.56 Å². The lowest BCUT2D eigenvalue weighted by molar-refractivity contribution is -0.138. The van der Waals surface area contributed by atoms with Crippen molar-refractivity contribution < 1.29 is 26.7 Å². The van der Waals surface area contributed by atoms with Crippen molar-refractivity contribution in [2.45, 2.75) is 43.6 Å². The maximum atomic E-state index is 15.6. The molecule has 0 bridgehead atoms. The zero-order valence-corrected chi connectivity index (χ0v) is 23.6. The molecule has 0 saturated carbocycles. The van der Waals surface area contributed by atoms with Crippen LogP contribution in [-0.2, 0) is 12.6 Å². The number of aryl methyl sites for hydroxylation is 1. The number of benzene rings is 3. The zero-order valence-electron chi connectivity index (χ0n) is 22.8. The van der Waals surface area contributed by atoms with Crippen LogP contribution < -0.4 is 10.3 Å². The average molecular weight is 601 g/mol. The lowest BCUT2D eigenvalue weighted by atomic mass is 9.91. The number of rotatable bonds is 7. The quantitative estimate of drug-likeness (QED) is 0.159. The third kappa shape index (κ3) is 4.99. The Bertz CT molecular complexity index is 1750. The average Bonchev–Trinajstić information content (AvgIpc) is 3.38. The van der Waals surface area contributed by atoms with Gasteiger partial charge in [-0.15, -0.1) is 11.8 Å². The van der Waals surface area contributed by atoms with Crippen molar-refractivity contribution >= 4 is 11.8 Å². The standard InChI is InChI=1S/C31H25F5N2O3S/c1-16-8-4-5-9-18(16)28(37-40)24-15-42-30-20(14-21-22(31(34,35)36)11-7-12-23(21)32)17(2)26(29(39)38(24)30)19-10-6-13-25(41-3)27(19)33/h4-13,24,28H,14-15H2,1-3H3. The van der Waals surface area contributed by atoms with Crippen LogP contribution >= 0.6 is 11.8 Å². The number of fused-ring (bicyclic) bond motifs is 1. The first-order chi connectivity index (χ1) is 20.0. The van der Waals surface area contributed by atoms with Gasteiger partial charge in [-0.25, -0.2) is 8.78 Å². The molecule has 2 heterocycles. The molecule has 0 saturated heterocycles. The summed E-state index contributed by atoms with van der Waals surface area (Å²) in [4.78, 5) is 26.5. The summed E-state index contributed by atoms with van der Waals surface area (Å²) in [7, 11) is 1.27. The number of methoxy groups -OCH3 is 1. The summed E-state index contributed by atoms with van der Waals surface area (Å²) in [6, 6.07) is 12.2. The van der Waals surface area contributed by atoms with E-state index in [4.69, 9.17) is 4.74 Å². The molecule has 1 aromatic heterocycles. The molecule has 0 spiro atoms. The van der Waals surface area contributed by atoms with Gasteiger partial charge in [0, 0.05) is 23.3 Å². The molecule has 0 amide bonds. The number of ether oxygens (including phenoxy) is 1. The molecule has 42 heavy (non-hydrogen) atoms. The van der Waals surface area contributed by atoms with Crippen molar-refractivity contribution in [1.29, 1.82) is 0 Å². The smallest absolute Gasteiger partial charge is 0.416 e. The highest BCUT2D eigenvalue weighted by molar-refractivity contribution is 7.99. The number of hydrogen-bond acceptors (Lipinski definition) is 5. The minimum Gasteiger partial charge on any atom is -0.494 e. The molecule has 2 atom stereocenters. The van der Waals surface area contributed by atoms with Crippen LogP contribution in [0.25, 0.3) is 11.1 Å². The lowest BCUT2D eigenvalue weighted by Crippen LogP contribution is -2.30. The van der Waals surface area contributed by atoms with Crippen LogP contribution in [0.3, 0.4) is 0 Å². The number of hydrogen-bond donors (Lipinski definition) is 0. The van der Waals surface area contributed by atoms with Crippen molar-refractivity contribution in [2.24, 2.45) is 5.18 Å². The molecular weight excluding hydrogens is 575 g/mol. The molecule has 0 fully saturated rings. The number of nitroso groups, excluding NO2 is 1. The number of aromatic nitrogens is 1. The second kappa shape index (κ2) is 11.4. The molecule has 1 aliphatic heterocycles. The molecule has 1 aliphatic rings. The van der Waals surface area contributed by atoms with Gasteiger partial charge in [0.15, 0.2) is 11.6 Å². The molecule has 3 aromatic carbocycles. The minimum atomic E-state index is -4.84. The van der Waals surface area contributed by atoms with Crippen molar-refractivity contribution in [3.05, 3.63) is 121 Å². The molecule has 4 aromatic rings. The predicted octanol–water partition coefficient (Wildman–Crippen LogP) is 8.18. The highest BCUT2D eigenvalue weighted by Gasteiger charge is 2.39. The maximum absolute atomic E-state index is 15.6. The minimum absolute atomic E-state index is 0.114. The van der Waals surface area contributed by atoms with Crippen LogP contribution in [0.2, 0.25) is 0 Å². The third-order valence-corrected chi connectivity index (χ3v) is 8.90. The topological polar surface area (TPSA) is 60.7 Å². The number of nitrogens with zero attached hydrogens (tertiary/aromatic N) is 2. The van der Waals surface area contributed by atoms with E-state index in [1.807, 2.05) is 0 Å². The maximum Gasteiger partial charge on any atom is 0.416 e. The van der Waals surface area contributed by atoms with Crippen LogP contribution in [0.1, 0.15) is 45.5 Å². The van der Waals surface area contributed by atoms with Crippen molar-refractivity contribution in [1.82, 2.24) is 4.57 Å². The van der Waals surface area contributed by atoms with Gasteiger partial charge in [0.25, 0.3) is 5.56 Å². The zero-order chi connectivity index (χ0) is 30.3. The highest BCUT2D eigenvalue weighted by Crippen LogP contribution is 2.46. The van der Waals surface area contributed by atoms with E-state index < -0.39 is 53.0 Å². The first-order valence-electron chi connectivity index (χ1n) is 13.0. The molecule has 0 aliphatic carbocycles. The van der Waals surface area contributed by atoms with Gasteiger partial charge < -0.3 is 4.74 Å². The predicted molar refractivity (Wildman–Crippen MR) is 151 cm³/mol. The van der Waals surface area contributed by atoms with Gasteiger partial charge in [0.05, 0.1) is 29.3 Å². The van der Waals surface area contributed by atoms with Crippen molar-refractivity contribution in [2.75, 3.05) is 12.9 Å². The Morgan fingerprint density at radius 2 is 1.74 bits per heavy atom. The van der Waals surface area contributed by atoms with Gasteiger partial charge in [0.1, 0.15) is 11.9 Å². The normalized spacial score (nSPS) is 15.4. The van der Waals surface area contributed by atoms with Gasteiger partial charge in [-0.1, -0.05) is 47.6 Å². The van der Waals surface area contributed by atoms with E-state index in [9.17, 15) is 22.9 Å². The molecule has 5 rings (SSSR count). The van der Waals surface area contributed by atoms with Gasteiger partial charge in [-0.05, 0) is 54.3 Å². The largest absolute Gasteiger partial charge is 0.494 e. The van der Waals surface area contributed by atoms with Crippen LogP contribution in [0.15, 0.2) is 75.7 Å². The molecule has 0 radical (unpaired) electrons. The number of pyridine rings is 1. The monoisotopic (exact) mass is 600 g/mol. The third-order valence-electron chi connectivity index (χ3n) is 7.68. The van der Waals surface area contributed by atoms with Crippen molar-refractivity contribution in [3.63, 3.8) is 0 Å². The van der Waals surface area contributed by atoms with Gasteiger partial charge >= 0.3 is 6.18 Å². The Morgan fingerprint density at radius 3 is 2.40 bits per heavy atom. The fourth-order valence-corrected chi connectivity index (χ4v) is 7.00. The fraction of sp³-hybridized carbons (Fsp3) is 0.258. The van der Waals surface area contributed by atoms with Crippen LogP contribution in [0.4, 0.5) is 22.0 Å². The summed E-state index contributed by atoms with van der Waals surface area (Å²) < 4.78 is 78.9. The molecule has 2 unspecified atom stereocenters. The Hall–Kier alpha value is -3.99. The highest BCUT2D eigenvalue weighted by atomic mass is 32.2. The molecule has 218 valence electrons. The van der Waals surface area contributed by atoms with Crippen LogP contribution in [0, 0.1) is 30.4 Å². The van der Waals surface area contributed by atoms with Crippen molar-refractivity contribution in [3.8, 4) is 16.9 Å². The Labute approximate surface area is 242 Å². The summed E-state index contributed by atoms with van der Waals surface area (Å²) in [6.45, 7) is 3.30. The van der Waals surface area contributed by atoms with E-state index in [1.165, 1.54) is 48.6 Å². The Morgan fingerprint density at radius 1 is 1.02 bits per heavy atom. The summed E-state index contributed by atoms with van der Waals surface area (Å²) in [6.07, 6.45) is -5.36. The van der Waals surface area contributed by atoms with Crippen LogP contribution in [0.5, 0.6) is 5.75 Å². The number of thioether (sulfide) groups is 1. The SMILES string of the molecule is COc1cccc(-c2c(C)c(Cc3c(F)cccc3C(F)(F)F)c3n(c2=O)C(C(N=O)c2ccccc2C)CS3)c1F. The van der Waals surface area contributed by atoms with Gasteiger partial charge in [-0.3, -0.25) is 9.36 Å². The molecule has 5 nitrogen and oxygen atoms in total. The Balaban J connectivity index is 1.82. The van der Waals surface area contributed by atoms with E-state index >= 15 is 8.78 Å². The van der Waals surface area contributed by atoms with Gasteiger partial charge in [-0.2, -0.15) is 18.1 Å². The second-order valence-electron chi connectivity index (χ2n) is 10.0. The van der Waals surface area contributed by atoms with E-state index in [1.54, 1.807) is 31.2 Å². The number of halogens is 5. The molecular formula is C31H25F5N2O3S. The lowest BCUT2D eigenvalue weighted by Gasteiger charge is -2.24. The van der Waals surface area contributed by atoms with E-state index in [2.05, 4.69) is 5.18 Å². The summed E-state index contributed by atoms with van der Waals surface area (Å²) in [5.41, 5.74) is -0.840. The fourth-order valence-electron chi connectivity index (χ4n) is 5.58.